The quantitative estimate of drug-likeness (QED) is 0.587. The van der Waals surface area contributed by atoms with E-state index in [0.29, 0.717) is 6.61 Å². The maximum atomic E-state index is 5.40. The van der Waals surface area contributed by atoms with Crippen LogP contribution in [-0.2, 0) is 11.3 Å². The molecule has 1 nitrogen and oxygen atoms in total. The molecule has 1 heteroatoms. The highest BCUT2D eigenvalue weighted by molar-refractivity contribution is 5.71. The van der Waals surface area contributed by atoms with Gasteiger partial charge in [-0.3, -0.25) is 0 Å². The molecule has 0 atom stereocenters. The number of hydrogen-bond donors (Lipinski definition) is 0. The molecular weight excluding hydrogens is 160 g/mol. The standard InChI is InChI=1S/C12H14O/c1-8-4-5-11-7-13-6-9(2)12(11)10(8)3/h4-5H,2,6-7H2,1,3H3. The molecule has 13 heavy (non-hydrogen) atoms. The molecule has 2 rings (SSSR count). The van der Waals surface area contributed by atoms with E-state index in [1.54, 1.807) is 0 Å². The Hall–Kier alpha value is -1.08. The Labute approximate surface area is 79.0 Å². The Kier molecular flexibility index (Phi) is 1.97. The molecule has 1 heterocycles. The van der Waals surface area contributed by atoms with Gasteiger partial charge in [-0.1, -0.05) is 18.7 Å². The van der Waals surface area contributed by atoms with Crippen molar-refractivity contribution in [2.45, 2.75) is 20.5 Å². The van der Waals surface area contributed by atoms with E-state index >= 15 is 0 Å². The van der Waals surface area contributed by atoms with Crippen molar-refractivity contribution in [1.82, 2.24) is 0 Å². The maximum absolute atomic E-state index is 5.40. The summed E-state index contributed by atoms with van der Waals surface area (Å²) in [6.45, 7) is 9.74. The molecule has 1 aromatic rings. The first-order valence-electron chi connectivity index (χ1n) is 4.55. The zero-order valence-electron chi connectivity index (χ0n) is 8.18. The average Bonchev–Trinajstić information content (AvgIpc) is 2.12. The first-order valence-corrected chi connectivity index (χ1v) is 4.55. The molecule has 0 fully saturated rings. The van der Waals surface area contributed by atoms with Gasteiger partial charge in [0.1, 0.15) is 0 Å². The summed E-state index contributed by atoms with van der Waals surface area (Å²) >= 11 is 0. The summed E-state index contributed by atoms with van der Waals surface area (Å²) in [5.74, 6) is 0. The van der Waals surface area contributed by atoms with Crippen LogP contribution in [0.4, 0.5) is 0 Å². The molecule has 0 saturated heterocycles. The molecule has 1 aliphatic rings. The highest BCUT2D eigenvalue weighted by Crippen LogP contribution is 2.29. The third-order valence-electron chi connectivity index (χ3n) is 2.71. The molecule has 0 bridgehead atoms. The van der Waals surface area contributed by atoms with E-state index in [-0.39, 0.29) is 0 Å². The summed E-state index contributed by atoms with van der Waals surface area (Å²) in [5.41, 5.74) is 6.40. The van der Waals surface area contributed by atoms with Crippen molar-refractivity contribution in [2.75, 3.05) is 6.61 Å². The lowest BCUT2D eigenvalue weighted by Gasteiger charge is -2.21. The Bertz CT molecular complexity index is 364. The van der Waals surface area contributed by atoms with Crippen LogP contribution in [0.25, 0.3) is 5.57 Å². The van der Waals surface area contributed by atoms with Crippen LogP contribution in [0, 0.1) is 13.8 Å². The number of benzene rings is 1. The smallest absolute Gasteiger partial charge is 0.0727 e. The third-order valence-corrected chi connectivity index (χ3v) is 2.71. The number of ether oxygens (including phenoxy) is 1. The zero-order valence-corrected chi connectivity index (χ0v) is 8.18. The molecule has 0 radical (unpaired) electrons. The Balaban J connectivity index is 2.65. The fourth-order valence-electron chi connectivity index (χ4n) is 1.84. The van der Waals surface area contributed by atoms with Crippen molar-refractivity contribution in [3.63, 3.8) is 0 Å². The third kappa shape index (κ3) is 1.29. The lowest BCUT2D eigenvalue weighted by atomic mass is 9.92. The van der Waals surface area contributed by atoms with Crippen LogP contribution in [0.5, 0.6) is 0 Å². The van der Waals surface area contributed by atoms with Crippen molar-refractivity contribution in [2.24, 2.45) is 0 Å². The number of fused-ring (bicyclic) bond motifs is 1. The highest BCUT2D eigenvalue weighted by Gasteiger charge is 2.15. The van der Waals surface area contributed by atoms with E-state index in [1.807, 2.05) is 0 Å². The molecule has 0 unspecified atom stereocenters. The minimum atomic E-state index is 0.678. The molecule has 0 amide bonds. The van der Waals surface area contributed by atoms with Crippen LogP contribution in [0.3, 0.4) is 0 Å². The van der Waals surface area contributed by atoms with Gasteiger partial charge in [0, 0.05) is 0 Å². The molecule has 0 aromatic heterocycles. The lowest BCUT2D eigenvalue weighted by molar-refractivity contribution is 0.146. The van der Waals surface area contributed by atoms with Crippen molar-refractivity contribution in [3.05, 3.63) is 41.0 Å². The molecule has 1 aliphatic heterocycles. The average molecular weight is 174 g/mol. The van der Waals surface area contributed by atoms with Crippen molar-refractivity contribution >= 4 is 5.57 Å². The Morgan fingerprint density at radius 1 is 1.23 bits per heavy atom. The van der Waals surface area contributed by atoms with Crippen LogP contribution in [-0.4, -0.2) is 6.61 Å². The van der Waals surface area contributed by atoms with Gasteiger partial charge in [-0.15, -0.1) is 0 Å². The van der Waals surface area contributed by atoms with Gasteiger partial charge in [-0.25, -0.2) is 0 Å². The summed E-state index contributed by atoms with van der Waals surface area (Å²) in [5, 5.41) is 0. The van der Waals surface area contributed by atoms with E-state index in [0.717, 1.165) is 12.2 Å². The molecule has 0 saturated carbocycles. The number of rotatable bonds is 0. The van der Waals surface area contributed by atoms with E-state index in [1.165, 1.54) is 22.3 Å². The van der Waals surface area contributed by atoms with Gasteiger partial charge in [0.15, 0.2) is 0 Å². The summed E-state index contributed by atoms with van der Waals surface area (Å²) in [7, 11) is 0. The summed E-state index contributed by atoms with van der Waals surface area (Å²) in [6.07, 6.45) is 0. The fourth-order valence-corrected chi connectivity index (χ4v) is 1.84. The molecule has 0 aliphatic carbocycles. The van der Waals surface area contributed by atoms with Gasteiger partial charge in [0.25, 0.3) is 0 Å². The molecule has 0 N–H and O–H groups in total. The van der Waals surface area contributed by atoms with Gasteiger partial charge < -0.3 is 4.74 Å². The predicted molar refractivity (Wildman–Crippen MR) is 54.6 cm³/mol. The first-order chi connectivity index (χ1) is 6.20. The Morgan fingerprint density at radius 3 is 2.77 bits per heavy atom. The van der Waals surface area contributed by atoms with Crippen LogP contribution >= 0.6 is 0 Å². The Morgan fingerprint density at radius 2 is 2.00 bits per heavy atom. The van der Waals surface area contributed by atoms with Crippen LogP contribution in [0.1, 0.15) is 22.3 Å². The van der Waals surface area contributed by atoms with E-state index < -0.39 is 0 Å². The van der Waals surface area contributed by atoms with Crippen LogP contribution in [0.15, 0.2) is 18.7 Å². The highest BCUT2D eigenvalue weighted by atomic mass is 16.5. The second-order valence-electron chi connectivity index (χ2n) is 3.64. The van der Waals surface area contributed by atoms with Crippen LogP contribution < -0.4 is 0 Å². The van der Waals surface area contributed by atoms with Crippen molar-refractivity contribution in [3.8, 4) is 0 Å². The monoisotopic (exact) mass is 174 g/mol. The SMILES string of the molecule is C=C1COCc2ccc(C)c(C)c21. The number of aryl methyl sites for hydroxylation is 1. The zero-order chi connectivity index (χ0) is 9.42. The number of hydrogen-bond acceptors (Lipinski definition) is 1. The van der Waals surface area contributed by atoms with Crippen molar-refractivity contribution < 1.29 is 4.74 Å². The largest absolute Gasteiger partial charge is 0.372 e. The summed E-state index contributed by atoms with van der Waals surface area (Å²) in [6, 6.07) is 4.29. The maximum Gasteiger partial charge on any atom is 0.0727 e. The van der Waals surface area contributed by atoms with Gasteiger partial charge in [0.05, 0.1) is 13.2 Å². The van der Waals surface area contributed by atoms with Gasteiger partial charge >= 0.3 is 0 Å². The fraction of sp³-hybridized carbons (Fsp3) is 0.333. The van der Waals surface area contributed by atoms with E-state index in [9.17, 15) is 0 Å². The summed E-state index contributed by atoms with van der Waals surface area (Å²) < 4.78 is 5.40. The van der Waals surface area contributed by atoms with E-state index in [4.69, 9.17) is 4.74 Å². The van der Waals surface area contributed by atoms with Crippen LogP contribution in [0.2, 0.25) is 0 Å². The molecule has 0 spiro atoms. The van der Waals surface area contributed by atoms with Crippen molar-refractivity contribution in [1.29, 1.82) is 0 Å². The summed E-state index contributed by atoms with van der Waals surface area (Å²) in [4.78, 5) is 0. The second kappa shape index (κ2) is 3.00. The van der Waals surface area contributed by atoms with Gasteiger partial charge in [0.2, 0.25) is 0 Å². The molecular formula is C12H14O. The normalized spacial score (nSPS) is 15.7. The van der Waals surface area contributed by atoms with Gasteiger partial charge in [-0.05, 0) is 41.7 Å². The second-order valence-corrected chi connectivity index (χ2v) is 3.64. The van der Waals surface area contributed by atoms with E-state index in [2.05, 4.69) is 32.6 Å². The van der Waals surface area contributed by atoms with Gasteiger partial charge in [-0.2, -0.15) is 0 Å². The predicted octanol–water partition coefficient (Wildman–Crippen LogP) is 2.85. The molecule has 1 aromatic carbocycles. The first kappa shape index (κ1) is 8.52. The molecule has 68 valence electrons. The topological polar surface area (TPSA) is 9.23 Å². The minimum absolute atomic E-state index is 0.678. The lowest BCUT2D eigenvalue weighted by Crippen LogP contribution is -2.10. The minimum Gasteiger partial charge on any atom is -0.372 e.